The van der Waals surface area contributed by atoms with Gasteiger partial charge in [-0.1, -0.05) is 42.2 Å². The van der Waals surface area contributed by atoms with Gasteiger partial charge in [0.25, 0.3) is 0 Å². The van der Waals surface area contributed by atoms with Gasteiger partial charge in [0.1, 0.15) is 5.84 Å². The van der Waals surface area contributed by atoms with Gasteiger partial charge in [0.15, 0.2) is 0 Å². The third-order valence-electron chi connectivity index (χ3n) is 2.96. The van der Waals surface area contributed by atoms with Gasteiger partial charge in [-0.05, 0) is 24.3 Å². The van der Waals surface area contributed by atoms with Crippen LogP contribution in [0.15, 0.2) is 59.6 Å². The first-order valence-corrected chi connectivity index (χ1v) is 6.38. The van der Waals surface area contributed by atoms with Gasteiger partial charge in [-0.25, -0.2) is 0 Å². The van der Waals surface area contributed by atoms with Crippen molar-refractivity contribution in [2.75, 3.05) is 13.1 Å². The van der Waals surface area contributed by atoms with E-state index in [9.17, 15) is 0 Å². The molecule has 2 nitrogen and oxygen atoms in total. The second-order valence-corrected chi connectivity index (χ2v) is 4.35. The van der Waals surface area contributed by atoms with E-state index in [2.05, 4.69) is 34.3 Å². The van der Waals surface area contributed by atoms with Gasteiger partial charge in [-0.3, -0.25) is 4.99 Å². The van der Waals surface area contributed by atoms with Crippen LogP contribution in [0, 0.1) is 11.8 Å². The fourth-order valence-electron chi connectivity index (χ4n) is 1.97. The molecule has 0 radical (unpaired) electrons. The predicted octanol–water partition coefficient (Wildman–Crippen LogP) is 2.44. The standard InChI is InChI=1S/C17H14N2/c1-2-4-14(5-3-1)6-7-15-8-10-16(11-9-15)17-18-12-13-19-17/h1-5,8-11H,12-13H2,(H,18,19). The van der Waals surface area contributed by atoms with Crippen LogP contribution in [0.25, 0.3) is 0 Å². The highest BCUT2D eigenvalue weighted by molar-refractivity contribution is 5.99. The van der Waals surface area contributed by atoms with Crippen LogP contribution in [0.3, 0.4) is 0 Å². The van der Waals surface area contributed by atoms with E-state index >= 15 is 0 Å². The van der Waals surface area contributed by atoms with Gasteiger partial charge in [-0.15, -0.1) is 0 Å². The van der Waals surface area contributed by atoms with Crippen molar-refractivity contribution in [3.8, 4) is 11.8 Å². The van der Waals surface area contributed by atoms with Crippen molar-refractivity contribution in [1.82, 2.24) is 5.32 Å². The Labute approximate surface area is 113 Å². The topological polar surface area (TPSA) is 24.4 Å². The number of nitrogens with one attached hydrogen (secondary N) is 1. The van der Waals surface area contributed by atoms with Crippen LogP contribution in [0.4, 0.5) is 0 Å². The Bertz CT molecular complexity index is 643. The Morgan fingerprint density at radius 3 is 2.16 bits per heavy atom. The third kappa shape index (κ3) is 2.83. The smallest absolute Gasteiger partial charge is 0.128 e. The first-order chi connectivity index (χ1) is 9.42. The second-order valence-electron chi connectivity index (χ2n) is 4.35. The van der Waals surface area contributed by atoms with Gasteiger partial charge >= 0.3 is 0 Å². The highest BCUT2D eigenvalue weighted by Crippen LogP contribution is 2.06. The number of benzene rings is 2. The van der Waals surface area contributed by atoms with Crippen LogP contribution in [-0.2, 0) is 0 Å². The van der Waals surface area contributed by atoms with Crippen LogP contribution in [-0.4, -0.2) is 18.9 Å². The van der Waals surface area contributed by atoms with Crippen LogP contribution >= 0.6 is 0 Å². The van der Waals surface area contributed by atoms with Gasteiger partial charge in [-0.2, -0.15) is 0 Å². The molecule has 3 rings (SSSR count). The minimum atomic E-state index is 0.866. The summed E-state index contributed by atoms with van der Waals surface area (Å²) in [6, 6.07) is 18.2. The summed E-state index contributed by atoms with van der Waals surface area (Å²) in [6.07, 6.45) is 0. The zero-order valence-electron chi connectivity index (χ0n) is 10.6. The maximum Gasteiger partial charge on any atom is 0.128 e. The average molecular weight is 246 g/mol. The SMILES string of the molecule is C(#Cc1ccc(C2=NCCN2)cc1)c1ccccc1. The molecule has 0 aromatic heterocycles. The molecule has 0 spiro atoms. The first-order valence-electron chi connectivity index (χ1n) is 6.38. The van der Waals surface area contributed by atoms with E-state index in [-0.39, 0.29) is 0 Å². The molecule has 19 heavy (non-hydrogen) atoms. The first kappa shape index (κ1) is 11.6. The molecule has 0 saturated carbocycles. The van der Waals surface area contributed by atoms with Crippen molar-refractivity contribution in [2.24, 2.45) is 4.99 Å². The Balaban J connectivity index is 1.78. The fourth-order valence-corrected chi connectivity index (χ4v) is 1.97. The van der Waals surface area contributed by atoms with Crippen molar-refractivity contribution in [2.45, 2.75) is 0 Å². The average Bonchev–Trinajstić information content (AvgIpc) is 3.01. The summed E-state index contributed by atoms with van der Waals surface area (Å²) in [5, 5.41) is 3.26. The lowest BCUT2D eigenvalue weighted by molar-refractivity contribution is 0.960. The minimum absolute atomic E-state index is 0.866. The molecule has 2 heteroatoms. The normalized spacial score (nSPS) is 13.2. The van der Waals surface area contributed by atoms with Gasteiger partial charge in [0, 0.05) is 23.2 Å². The van der Waals surface area contributed by atoms with Gasteiger partial charge in [0.2, 0.25) is 0 Å². The monoisotopic (exact) mass is 246 g/mol. The van der Waals surface area contributed by atoms with E-state index in [4.69, 9.17) is 0 Å². The molecule has 2 aromatic carbocycles. The summed E-state index contributed by atoms with van der Waals surface area (Å²) >= 11 is 0. The van der Waals surface area contributed by atoms with Gasteiger partial charge in [0.05, 0.1) is 6.54 Å². The van der Waals surface area contributed by atoms with Crippen LogP contribution in [0.2, 0.25) is 0 Å². The van der Waals surface area contributed by atoms with Crippen molar-refractivity contribution < 1.29 is 0 Å². The van der Waals surface area contributed by atoms with Crippen LogP contribution in [0.5, 0.6) is 0 Å². The summed E-state index contributed by atoms with van der Waals surface area (Å²) in [5.41, 5.74) is 3.18. The summed E-state index contributed by atoms with van der Waals surface area (Å²) in [4.78, 5) is 4.40. The quantitative estimate of drug-likeness (QED) is 0.768. The molecule has 0 unspecified atom stereocenters. The number of hydrogen-bond donors (Lipinski definition) is 1. The van der Waals surface area contributed by atoms with E-state index in [0.717, 1.165) is 35.6 Å². The Hall–Kier alpha value is -2.53. The molecule has 0 aliphatic carbocycles. The lowest BCUT2D eigenvalue weighted by atomic mass is 10.1. The molecule has 1 aliphatic rings. The van der Waals surface area contributed by atoms with Crippen LogP contribution < -0.4 is 5.32 Å². The molecule has 1 heterocycles. The molecular weight excluding hydrogens is 232 g/mol. The summed E-state index contributed by atoms with van der Waals surface area (Å²) in [6.45, 7) is 1.80. The zero-order chi connectivity index (χ0) is 12.9. The van der Waals surface area contributed by atoms with Crippen molar-refractivity contribution in [3.05, 3.63) is 71.3 Å². The fraction of sp³-hybridized carbons (Fsp3) is 0.118. The number of aliphatic imine (C=N–C) groups is 1. The second kappa shape index (κ2) is 5.41. The Morgan fingerprint density at radius 2 is 1.53 bits per heavy atom. The Kier molecular flexibility index (Phi) is 3.29. The van der Waals surface area contributed by atoms with Gasteiger partial charge < -0.3 is 5.32 Å². The molecule has 92 valence electrons. The molecule has 1 aliphatic heterocycles. The molecule has 0 amide bonds. The molecule has 0 fully saturated rings. The highest BCUT2D eigenvalue weighted by atomic mass is 15.1. The van der Waals surface area contributed by atoms with E-state index in [1.54, 1.807) is 0 Å². The number of hydrogen-bond acceptors (Lipinski definition) is 2. The molecule has 0 saturated heterocycles. The zero-order valence-corrected chi connectivity index (χ0v) is 10.6. The Morgan fingerprint density at radius 1 is 0.842 bits per heavy atom. The highest BCUT2D eigenvalue weighted by Gasteiger charge is 2.06. The van der Waals surface area contributed by atoms with E-state index in [1.807, 2.05) is 42.5 Å². The predicted molar refractivity (Wildman–Crippen MR) is 78.3 cm³/mol. The van der Waals surface area contributed by atoms with E-state index in [1.165, 1.54) is 0 Å². The number of amidine groups is 1. The molecule has 0 bridgehead atoms. The molecule has 2 aromatic rings. The largest absolute Gasteiger partial charge is 0.368 e. The maximum atomic E-state index is 4.40. The number of rotatable bonds is 1. The number of nitrogens with zero attached hydrogens (tertiary/aromatic N) is 1. The molecular formula is C17H14N2. The summed E-state index contributed by atoms with van der Waals surface area (Å²) in [7, 11) is 0. The molecule has 1 N–H and O–H groups in total. The summed E-state index contributed by atoms with van der Waals surface area (Å²) in [5.74, 6) is 7.31. The van der Waals surface area contributed by atoms with E-state index in [0.29, 0.717) is 0 Å². The lowest BCUT2D eigenvalue weighted by Gasteiger charge is -2.01. The molecule has 0 atom stereocenters. The maximum absolute atomic E-state index is 4.40. The summed E-state index contributed by atoms with van der Waals surface area (Å²) < 4.78 is 0. The van der Waals surface area contributed by atoms with Crippen molar-refractivity contribution in [3.63, 3.8) is 0 Å². The third-order valence-corrected chi connectivity index (χ3v) is 2.96. The van der Waals surface area contributed by atoms with E-state index < -0.39 is 0 Å². The minimum Gasteiger partial charge on any atom is -0.368 e. The van der Waals surface area contributed by atoms with Crippen molar-refractivity contribution in [1.29, 1.82) is 0 Å². The lowest BCUT2D eigenvalue weighted by Crippen LogP contribution is -2.19. The van der Waals surface area contributed by atoms with Crippen molar-refractivity contribution >= 4 is 5.84 Å². The van der Waals surface area contributed by atoms with Crippen LogP contribution in [0.1, 0.15) is 16.7 Å².